The van der Waals surface area contributed by atoms with Gasteiger partial charge in [-0.15, -0.1) is 0 Å². The van der Waals surface area contributed by atoms with E-state index in [1.165, 1.54) is 24.1 Å². The Hall–Kier alpha value is -1.67. The topological polar surface area (TPSA) is 79.4 Å². The minimum Gasteiger partial charge on any atom is -0.332 e. The van der Waals surface area contributed by atoms with E-state index in [1.807, 2.05) is 0 Å². The van der Waals surface area contributed by atoms with E-state index in [0.29, 0.717) is 10.7 Å². The minimum atomic E-state index is -3.46. The van der Waals surface area contributed by atoms with Crippen LogP contribution in [0.15, 0.2) is 42.6 Å². The molecule has 0 aliphatic carbocycles. The molecular weight excluding hydrogens is 385 g/mol. The highest BCUT2D eigenvalue weighted by Crippen LogP contribution is 2.23. The molecule has 2 aromatic rings. The first-order valence-corrected chi connectivity index (χ1v) is 9.78. The fourth-order valence-electron chi connectivity index (χ4n) is 2.11. The molecule has 6 nitrogen and oxygen atoms in total. The van der Waals surface area contributed by atoms with Crippen molar-refractivity contribution in [2.75, 3.05) is 19.3 Å². The zero-order valence-electron chi connectivity index (χ0n) is 13.4. The van der Waals surface area contributed by atoms with Crippen molar-refractivity contribution >= 4 is 39.1 Å². The molecule has 0 saturated heterocycles. The molecule has 0 aliphatic rings. The molecular formula is C16H17Cl2N3O3S. The molecule has 25 heavy (non-hydrogen) atoms. The third kappa shape index (κ3) is 5.67. The molecule has 1 aromatic heterocycles. The van der Waals surface area contributed by atoms with Gasteiger partial charge in [0.05, 0.1) is 28.6 Å². The lowest BCUT2D eigenvalue weighted by Gasteiger charge is -2.23. The van der Waals surface area contributed by atoms with Crippen LogP contribution in [0.1, 0.15) is 16.1 Å². The van der Waals surface area contributed by atoms with Gasteiger partial charge in [-0.2, -0.15) is 0 Å². The van der Waals surface area contributed by atoms with Crippen LogP contribution in [0.5, 0.6) is 0 Å². The fourth-order valence-corrected chi connectivity index (χ4v) is 3.26. The zero-order valence-corrected chi connectivity index (χ0v) is 15.8. The van der Waals surface area contributed by atoms with Crippen LogP contribution in [0.4, 0.5) is 0 Å². The predicted octanol–water partition coefficient (Wildman–Crippen LogP) is 2.58. The average molecular weight is 402 g/mol. The van der Waals surface area contributed by atoms with Crippen LogP contribution in [-0.4, -0.2) is 43.6 Å². The predicted molar refractivity (Wildman–Crippen MR) is 98.3 cm³/mol. The van der Waals surface area contributed by atoms with Crippen molar-refractivity contribution < 1.29 is 13.2 Å². The van der Waals surface area contributed by atoms with Gasteiger partial charge in [-0.3, -0.25) is 9.78 Å². The van der Waals surface area contributed by atoms with E-state index in [9.17, 15) is 13.2 Å². The summed E-state index contributed by atoms with van der Waals surface area (Å²) in [6, 6.07) is 9.87. The lowest BCUT2D eigenvalue weighted by Crippen LogP contribution is -2.37. The highest BCUT2D eigenvalue weighted by molar-refractivity contribution is 7.89. The molecule has 0 unspecified atom stereocenters. The van der Waals surface area contributed by atoms with Crippen LogP contribution in [0, 0.1) is 0 Å². The van der Waals surface area contributed by atoms with Gasteiger partial charge in [-0.1, -0.05) is 29.3 Å². The molecule has 1 aromatic carbocycles. The summed E-state index contributed by atoms with van der Waals surface area (Å²) < 4.78 is 25.7. The Kier molecular flexibility index (Phi) is 6.78. The number of aromatic nitrogens is 1. The van der Waals surface area contributed by atoms with Crippen molar-refractivity contribution in [3.8, 4) is 0 Å². The molecule has 0 atom stereocenters. The first-order valence-electron chi connectivity index (χ1n) is 7.38. The molecule has 0 bridgehead atoms. The van der Waals surface area contributed by atoms with Crippen molar-refractivity contribution in [3.63, 3.8) is 0 Å². The first-order chi connectivity index (χ1) is 11.8. The molecule has 0 saturated carbocycles. The Labute approximate surface area is 156 Å². The maximum absolute atomic E-state index is 12.8. The van der Waals surface area contributed by atoms with E-state index >= 15 is 0 Å². The number of carbonyl (C=O) groups is 1. The molecule has 0 radical (unpaired) electrons. The second kappa shape index (κ2) is 8.62. The Bertz CT molecular complexity index is 845. The van der Waals surface area contributed by atoms with E-state index in [4.69, 9.17) is 23.2 Å². The van der Waals surface area contributed by atoms with Gasteiger partial charge in [-0.05, 0) is 37.4 Å². The van der Waals surface area contributed by atoms with Crippen LogP contribution < -0.4 is 4.72 Å². The van der Waals surface area contributed by atoms with E-state index in [2.05, 4.69) is 9.71 Å². The molecule has 1 heterocycles. The summed E-state index contributed by atoms with van der Waals surface area (Å²) in [5.41, 5.74) is 0.895. The smallest absolute Gasteiger partial charge is 0.255 e. The highest BCUT2D eigenvalue weighted by Gasteiger charge is 2.21. The van der Waals surface area contributed by atoms with Gasteiger partial charge in [0.25, 0.3) is 5.91 Å². The third-order valence-electron chi connectivity index (χ3n) is 3.47. The van der Waals surface area contributed by atoms with E-state index in [1.54, 1.807) is 30.5 Å². The van der Waals surface area contributed by atoms with Crippen LogP contribution in [-0.2, 0) is 16.6 Å². The Balaban J connectivity index is 2.27. The number of hydrogen-bond donors (Lipinski definition) is 1. The van der Waals surface area contributed by atoms with Gasteiger partial charge in [0.1, 0.15) is 0 Å². The monoisotopic (exact) mass is 401 g/mol. The van der Waals surface area contributed by atoms with E-state index in [-0.39, 0.29) is 29.4 Å². The van der Waals surface area contributed by atoms with E-state index in [0.717, 1.165) is 0 Å². The molecule has 1 N–H and O–H groups in total. The lowest BCUT2D eigenvalue weighted by atomic mass is 10.2. The average Bonchev–Trinajstić information content (AvgIpc) is 2.59. The quantitative estimate of drug-likeness (QED) is 0.772. The molecule has 134 valence electrons. The fraction of sp³-hybridized carbons (Fsp3) is 0.250. The minimum absolute atomic E-state index is 0.00244. The molecule has 0 aliphatic heterocycles. The third-order valence-corrected chi connectivity index (χ3v) is 5.36. The van der Waals surface area contributed by atoms with Crippen molar-refractivity contribution in [2.24, 2.45) is 0 Å². The normalized spacial score (nSPS) is 11.3. The number of carbonyl (C=O) groups excluding carboxylic acids is 1. The van der Waals surface area contributed by atoms with E-state index < -0.39 is 15.9 Å². The summed E-state index contributed by atoms with van der Waals surface area (Å²) in [5, 5.41) is 0.621. The van der Waals surface area contributed by atoms with Gasteiger partial charge in [0.2, 0.25) is 10.0 Å². The van der Waals surface area contributed by atoms with Crippen LogP contribution in [0.25, 0.3) is 0 Å². The highest BCUT2D eigenvalue weighted by atomic mass is 35.5. The first kappa shape index (κ1) is 19.7. The van der Waals surface area contributed by atoms with Crippen LogP contribution in [0.3, 0.4) is 0 Å². The maximum Gasteiger partial charge on any atom is 0.255 e. The Morgan fingerprint density at radius 3 is 2.60 bits per heavy atom. The van der Waals surface area contributed by atoms with Crippen LogP contribution >= 0.6 is 23.2 Å². The number of pyridine rings is 1. The number of amides is 1. The second-order valence-electron chi connectivity index (χ2n) is 5.19. The number of nitrogens with zero attached hydrogens (tertiary/aromatic N) is 2. The Morgan fingerprint density at radius 2 is 2.00 bits per heavy atom. The van der Waals surface area contributed by atoms with Crippen LogP contribution in [0.2, 0.25) is 10.0 Å². The van der Waals surface area contributed by atoms with Gasteiger partial charge < -0.3 is 4.90 Å². The number of rotatable bonds is 7. The summed E-state index contributed by atoms with van der Waals surface area (Å²) in [5.74, 6) is -0.619. The summed E-state index contributed by atoms with van der Waals surface area (Å²) in [6.07, 6.45) is 1.61. The number of hydrogen-bond acceptors (Lipinski definition) is 4. The standard InChI is InChI=1S/C16H17Cl2N3O3S/c1-19-25(23,24)9-8-21(11-13-4-2-3-7-20-13)16(22)14-6-5-12(17)10-15(14)18/h2-7,10,19H,8-9,11H2,1H3. The largest absolute Gasteiger partial charge is 0.332 e. The number of sulfonamides is 1. The summed E-state index contributed by atoms with van der Waals surface area (Å²) in [7, 11) is -2.13. The molecule has 9 heteroatoms. The summed E-state index contributed by atoms with van der Waals surface area (Å²) >= 11 is 12.0. The SMILES string of the molecule is CNS(=O)(=O)CCN(Cc1ccccn1)C(=O)c1ccc(Cl)cc1Cl. The van der Waals surface area contributed by atoms with Crippen molar-refractivity contribution in [1.82, 2.24) is 14.6 Å². The molecule has 1 amide bonds. The Morgan fingerprint density at radius 1 is 1.24 bits per heavy atom. The van der Waals surface area contributed by atoms with Gasteiger partial charge in [0.15, 0.2) is 0 Å². The molecule has 2 rings (SSSR count). The summed E-state index contributed by atoms with van der Waals surface area (Å²) in [6.45, 7) is 0.162. The van der Waals surface area contributed by atoms with Crippen molar-refractivity contribution in [3.05, 3.63) is 63.9 Å². The van der Waals surface area contributed by atoms with Gasteiger partial charge >= 0.3 is 0 Å². The molecule has 0 fully saturated rings. The van der Waals surface area contributed by atoms with Gasteiger partial charge in [-0.25, -0.2) is 13.1 Å². The van der Waals surface area contributed by atoms with Crippen molar-refractivity contribution in [1.29, 1.82) is 0 Å². The maximum atomic E-state index is 12.8. The van der Waals surface area contributed by atoms with Crippen molar-refractivity contribution in [2.45, 2.75) is 6.54 Å². The molecule has 0 spiro atoms. The lowest BCUT2D eigenvalue weighted by molar-refractivity contribution is 0.0752. The van der Waals surface area contributed by atoms with Gasteiger partial charge in [0, 0.05) is 17.8 Å². The number of nitrogens with one attached hydrogen (secondary N) is 1. The number of benzene rings is 1. The summed E-state index contributed by atoms with van der Waals surface area (Å²) in [4.78, 5) is 18.4. The second-order valence-corrected chi connectivity index (χ2v) is 8.08. The number of halogens is 2. The zero-order chi connectivity index (χ0) is 18.4.